The van der Waals surface area contributed by atoms with Crippen molar-refractivity contribution in [3.8, 4) is 0 Å². The van der Waals surface area contributed by atoms with Gasteiger partial charge in [-0.3, -0.25) is 0 Å². The third-order valence-corrected chi connectivity index (χ3v) is 4.47. The highest BCUT2D eigenvalue weighted by Gasteiger charge is 2.40. The van der Waals surface area contributed by atoms with Gasteiger partial charge in [0.1, 0.15) is 0 Å². The molecule has 0 spiro atoms. The first-order valence-electron chi connectivity index (χ1n) is 7.10. The highest BCUT2D eigenvalue weighted by atomic mass is 15.1. The van der Waals surface area contributed by atoms with Crippen LogP contribution in [0.1, 0.15) is 50.8 Å². The first kappa shape index (κ1) is 11.3. The molecule has 2 fully saturated rings. The van der Waals surface area contributed by atoms with E-state index in [1.54, 1.807) is 0 Å². The van der Waals surface area contributed by atoms with Crippen molar-refractivity contribution >= 4 is 0 Å². The quantitative estimate of drug-likeness (QED) is 0.793. The van der Waals surface area contributed by atoms with Crippen LogP contribution < -0.4 is 5.32 Å². The van der Waals surface area contributed by atoms with Crippen molar-refractivity contribution in [2.45, 2.75) is 51.6 Å². The molecule has 3 atom stereocenters. The molecule has 0 amide bonds. The van der Waals surface area contributed by atoms with Crippen molar-refractivity contribution in [1.29, 1.82) is 0 Å². The van der Waals surface area contributed by atoms with Crippen LogP contribution in [-0.4, -0.2) is 16.1 Å². The predicted octanol–water partition coefficient (Wildman–Crippen LogP) is 2.74. The third kappa shape index (κ3) is 2.25. The van der Waals surface area contributed by atoms with E-state index >= 15 is 0 Å². The summed E-state index contributed by atoms with van der Waals surface area (Å²) in [5.74, 6) is 1.94. The molecule has 2 bridgehead atoms. The number of aromatic nitrogens is 2. The zero-order valence-electron chi connectivity index (χ0n) is 10.7. The van der Waals surface area contributed by atoms with E-state index in [2.05, 4.69) is 28.0 Å². The van der Waals surface area contributed by atoms with Gasteiger partial charge in [0.25, 0.3) is 0 Å². The molecular formula is C14H23N3. The van der Waals surface area contributed by atoms with Gasteiger partial charge in [-0.15, -0.1) is 0 Å². The lowest BCUT2D eigenvalue weighted by molar-refractivity contribution is 0.329. The molecule has 0 radical (unpaired) electrons. The molecule has 94 valence electrons. The minimum Gasteiger partial charge on any atom is -0.334 e. The SMILES string of the molecule is CCCNCc1cn(C2CC3CCC2C3)cn1. The average molecular weight is 233 g/mol. The zero-order valence-corrected chi connectivity index (χ0v) is 10.7. The zero-order chi connectivity index (χ0) is 11.7. The van der Waals surface area contributed by atoms with Gasteiger partial charge in [-0.25, -0.2) is 4.98 Å². The number of hydrogen-bond acceptors (Lipinski definition) is 2. The maximum atomic E-state index is 4.52. The van der Waals surface area contributed by atoms with Crippen LogP contribution in [0.4, 0.5) is 0 Å². The van der Waals surface area contributed by atoms with Crippen molar-refractivity contribution in [3.05, 3.63) is 18.2 Å². The van der Waals surface area contributed by atoms with Crippen LogP contribution in [0.5, 0.6) is 0 Å². The van der Waals surface area contributed by atoms with Crippen LogP contribution in [0.25, 0.3) is 0 Å². The van der Waals surface area contributed by atoms with Crippen molar-refractivity contribution in [2.24, 2.45) is 11.8 Å². The van der Waals surface area contributed by atoms with Crippen LogP contribution in [0.2, 0.25) is 0 Å². The standard InChI is InChI=1S/C14H23N3/c1-2-5-15-8-13-9-17(10-16-13)14-7-11-3-4-12(14)6-11/h9-12,14-15H,2-8H2,1H3. The molecule has 0 aliphatic heterocycles. The molecule has 1 aromatic heterocycles. The van der Waals surface area contributed by atoms with E-state index in [0.29, 0.717) is 0 Å². The smallest absolute Gasteiger partial charge is 0.0952 e. The fraction of sp³-hybridized carbons (Fsp3) is 0.786. The van der Waals surface area contributed by atoms with E-state index in [-0.39, 0.29) is 0 Å². The number of rotatable bonds is 5. The van der Waals surface area contributed by atoms with Crippen molar-refractivity contribution in [3.63, 3.8) is 0 Å². The fourth-order valence-electron chi connectivity index (χ4n) is 3.62. The topological polar surface area (TPSA) is 29.9 Å². The van der Waals surface area contributed by atoms with Crippen molar-refractivity contribution in [1.82, 2.24) is 14.9 Å². The Labute approximate surface area is 104 Å². The fourth-order valence-corrected chi connectivity index (χ4v) is 3.62. The summed E-state index contributed by atoms with van der Waals surface area (Å²) in [4.78, 5) is 4.52. The van der Waals surface area contributed by atoms with Gasteiger partial charge in [-0.05, 0) is 44.1 Å². The van der Waals surface area contributed by atoms with Crippen LogP contribution in [0.3, 0.4) is 0 Å². The highest BCUT2D eigenvalue weighted by Crippen LogP contribution is 2.50. The second-order valence-electron chi connectivity index (χ2n) is 5.73. The van der Waals surface area contributed by atoms with E-state index < -0.39 is 0 Å². The average Bonchev–Trinajstić information content (AvgIpc) is 3.04. The highest BCUT2D eigenvalue weighted by molar-refractivity contribution is 5.02. The van der Waals surface area contributed by atoms with Gasteiger partial charge < -0.3 is 9.88 Å². The Kier molecular flexibility index (Phi) is 3.19. The van der Waals surface area contributed by atoms with Gasteiger partial charge in [0, 0.05) is 18.8 Å². The summed E-state index contributed by atoms with van der Waals surface area (Å²) in [5, 5.41) is 3.41. The number of fused-ring (bicyclic) bond motifs is 2. The Morgan fingerprint density at radius 1 is 1.41 bits per heavy atom. The lowest BCUT2D eigenvalue weighted by Gasteiger charge is -2.22. The van der Waals surface area contributed by atoms with Gasteiger partial charge in [0.15, 0.2) is 0 Å². The molecule has 0 saturated heterocycles. The van der Waals surface area contributed by atoms with Crippen LogP contribution in [-0.2, 0) is 6.54 Å². The summed E-state index contributed by atoms with van der Waals surface area (Å²) in [6, 6.07) is 0.751. The van der Waals surface area contributed by atoms with Gasteiger partial charge >= 0.3 is 0 Å². The van der Waals surface area contributed by atoms with Crippen LogP contribution in [0.15, 0.2) is 12.5 Å². The molecule has 1 aromatic rings. The van der Waals surface area contributed by atoms with E-state index in [0.717, 1.165) is 31.0 Å². The Morgan fingerprint density at radius 3 is 3.06 bits per heavy atom. The first-order valence-corrected chi connectivity index (χ1v) is 7.10. The van der Waals surface area contributed by atoms with E-state index in [4.69, 9.17) is 0 Å². The summed E-state index contributed by atoms with van der Waals surface area (Å²) in [6.45, 7) is 4.20. The summed E-state index contributed by atoms with van der Waals surface area (Å²) in [5.41, 5.74) is 1.20. The monoisotopic (exact) mass is 233 g/mol. The molecular weight excluding hydrogens is 210 g/mol. The molecule has 3 heteroatoms. The maximum Gasteiger partial charge on any atom is 0.0952 e. The molecule has 2 aliphatic rings. The van der Waals surface area contributed by atoms with Gasteiger partial charge in [0.05, 0.1) is 12.0 Å². The molecule has 3 nitrogen and oxygen atoms in total. The number of nitrogens with one attached hydrogen (secondary N) is 1. The normalized spacial score (nSPS) is 31.2. The van der Waals surface area contributed by atoms with Crippen molar-refractivity contribution in [2.75, 3.05) is 6.54 Å². The molecule has 3 rings (SSSR count). The number of hydrogen-bond donors (Lipinski definition) is 1. The predicted molar refractivity (Wildman–Crippen MR) is 68.7 cm³/mol. The largest absolute Gasteiger partial charge is 0.334 e. The summed E-state index contributed by atoms with van der Waals surface area (Å²) >= 11 is 0. The lowest BCUT2D eigenvalue weighted by Crippen LogP contribution is -2.15. The van der Waals surface area contributed by atoms with E-state index in [1.807, 2.05) is 6.33 Å². The molecule has 1 N–H and O–H groups in total. The second kappa shape index (κ2) is 4.81. The van der Waals surface area contributed by atoms with Crippen molar-refractivity contribution < 1.29 is 0 Å². The van der Waals surface area contributed by atoms with Gasteiger partial charge in [-0.1, -0.05) is 13.3 Å². The molecule has 17 heavy (non-hydrogen) atoms. The third-order valence-electron chi connectivity index (χ3n) is 4.47. The van der Waals surface area contributed by atoms with Gasteiger partial charge in [0.2, 0.25) is 0 Å². The number of imidazole rings is 1. The summed E-state index contributed by atoms with van der Waals surface area (Å²) in [6.07, 6.45) is 11.3. The minimum absolute atomic E-state index is 0.751. The molecule has 3 unspecified atom stereocenters. The van der Waals surface area contributed by atoms with Gasteiger partial charge in [-0.2, -0.15) is 0 Å². The Balaban J connectivity index is 1.60. The maximum absolute atomic E-state index is 4.52. The first-order chi connectivity index (χ1) is 8.36. The molecule has 2 aliphatic carbocycles. The Hall–Kier alpha value is -0.830. The summed E-state index contributed by atoms with van der Waals surface area (Å²) < 4.78 is 2.38. The Bertz CT molecular complexity index is 371. The van der Waals surface area contributed by atoms with E-state index in [9.17, 15) is 0 Å². The van der Waals surface area contributed by atoms with Crippen LogP contribution in [0, 0.1) is 11.8 Å². The van der Waals surface area contributed by atoms with Crippen LogP contribution >= 0.6 is 0 Å². The second-order valence-corrected chi connectivity index (χ2v) is 5.73. The lowest BCUT2D eigenvalue weighted by atomic mass is 9.95. The number of nitrogens with zero attached hydrogens (tertiary/aromatic N) is 2. The summed E-state index contributed by atoms with van der Waals surface area (Å²) in [7, 11) is 0. The van der Waals surface area contributed by atoms with E-state index in [1.165, 1.54) is 37.8 Å². The molecule has 0 aromatic carbocycles. The minimum atomic E-state index is 0.751. The molecule has 2 saturated carbocycles. The Morgan fingerprint density at radius 2 is 2.35 bits per heavy atom. The molecule has 1 heterocycles.